The maximum absolute atomic E-state index is 6.23. The first-order chi connectivity index (χ1) is 24.1. The number of anilines is 6. The van der Waals surface area contributed by atoms with Crippen molar-refractivity contribution in [2.75, 3.05) is 9.80 Å². The third kappa shape index (κ3) is 10.1. The molecule has 0 spiro atoms. The molecule has 0 unspecified atom stereocenters. The largest absolute Gasteiger partial charge is 0.341 e. The zero-order chi connectivity index (χ0) is 35.1. The predicted molar refractivity (Wildman–Crippen MR) is 230 cm³/mol. The first-order valence-corrected chi connectivity index (χ1v) is 28.4. The molecular weight excluding hydrogens is 817 g/mol. The van der Waals surface area contributed by atoms with Crippen LogP contribution in [0.1, 0.15) is 24.0 Å². The summed E-state index contributed by atoms with van der Waals surface area (Å²) in [5.41, 5.74) is 6.91. The van der Waals surface area contributed by atoms with Gasteiger partial charge in [-0.05, 0) is 110 Å². The molecule has 50 heavy (non-hydrogen) atoms. The van der Waals surface area contributed by atoms with Crippen molar-refractivity contribution in [3.8, 4) is 9.75 Å². The average Bonchev–Trinajstić information content (AvgIpc) is 3.77. The Balaban J connectivity index is 1.34. The molecule has 0 N–H and O–H groups in total. The van der Waals surface area contributed by atoms with Gasteiger partial charge in [0.15, 0.2) is 0 Å². The molecule has 0 amide bonds. The second kappa shape index (κ2) is 17.3. The number of hydrogen-bond acceptors (Lipinski definition) is 4. The molecule has 0 saturated carbocycles. The van der Waals surface area contributed by atoms with E-state index in [0.717, 1.165) is 58.4 Å². The van der Waals surface area contributed by atoms with Crippen LogP contribution in [0.15, 0.2) is 133 Å². The Hall–Kier alpha value is -1.95. The lowest BCUT2D eigenvalue weighted by atomic mass is 10.1. The summed E-state index contributed by atoms with van der Waals surface area (Å²) in [6, 6.07) is 42.8. The topological polar surface area (TPSA) is 6.48 Å². The lowest BCUT2D eigenvalue weighted by molar-refractivity contribution is 0.912. The quantitative estimate of drug-likeness (QED) is 0.0750. The Morgan fingerprint density at radius 3 is 1.16 bits per heavy atom. The maximum atomic E-state index is 6.23. The second-order valence-corrected chi connectivity index (χ2v) is 32.5. The average molecular weight is 852 g/mol. The highest BCUT2D eigenvalue weighted by Gasteiger charge is 2.26. The number of aryl methyl sites for hydroxylation is 2. The van der Waals surface area contributed by atoms with Crippen LogP contribution in [0.25, 0.3) is 9.75 Å². The molecule has 0 fully saturated rings. The lowest BCUT2D eigenvalue weighted by Gasteiger charge is -2.26. The molecule has 6 aromatic rings. The molecule has 0 aliphatic rings. The molecular formula is C38H34Cl6N2S2Si2. The summed E-state index contributed by atoms with van der Waals surface area (Å²) in [6.07, 6.45) is 3.31. The molecule has 2 nitrogen and oxygen atoms in total. The van der Waals surface area contributed by atoms with Crippen LogP contribution in [0.5, 0.6) is 0 Å². The number of benzene rings is 4. The number of hydrogen-bond donors (Lipinski definition) is 0. The van der Waals surface area contributed by atoms with Crippen molar-refractivity contribution in [1.29, 1.82) is 0 Å². The van der Waals surface area contributed by atoms with Crippen LogP contribution in [0, 0.1) is 0 Å². The molecule has 12 heteroatoms. The Bertz CT molecular complexity index is 1830. The summed E-state index contributed by atoms with van der Waals surface area (Å²) < 4.78 is 0. The first-order valence-electron chi connectivity index (χ1n) is 16.3. The molecule has 4 aromatic carbocycles. The second-order valence-electron chi connectivity index (χ2n) is 11.8. The van der Waals surface area contributed by atoms with Crippen LogP contribution < -0.4 is 9.80 Å². The molecule has 258 valence electrons. The highest BCUT2D eigenvalue weighted by Crippen LogP contribution is 2.48. The van der Waals surface area contributed by atoms with Crippen molar-refractivity contribution < 1.29 is 0 Å². The highest BCUT2D eigenvalue weighted by atomic mass is 35.8. The third-order valence-electron chi connectivity index (χ3n) is 8.17. The van der Waals surface area contributed by atoms with E-state index in [1.807, 2.05) is 12.1 Å². The van der Waals surface area contributed by atoms with Gasteiger partial charge >= 0.3 is 12.0 Å². The van der Waals surface area contributed by atoms with Gasteiger partial charge in [-0.25, -0.2) is 0 Å². The van der Waals surface area contributed by atoms with Crippen molar-refractivity contribution >= 4 is 134 Å². The van der Waals surface area contributed by atoms with Gasteiger partial charge in [-0.1, -0.05) is 72.8 Å². The fourth-order valence-electron chi connectivity index (χ4n) is 5.92. The van der Waals surface area contributed by atoms with E-state index in [1.165, 1.54) is 20.9 Å². The maximum Gasteiger partial charge on any atom is 0.341 e. The Labute approximate surface area is 333 Å². The number of halogens is 6. The number of thiophene rings is 2. The monoisotopic (exact) mass is 848 g/mol. The normalized spacial score (nSPS) is 11.9. The van der Waals surface area contributed by atoms with E-state index >= 15 is 0 Å². The van der Waals surface area contributed by atoms with Crippen LogP contribution in [0.3, 0.4) is 0 Å². The third-order valence-corrected chi connectivity index (χ3v) is 15.8. The van der Waals surface area contributed by atoms with E-state index in [-0.39, 0.29) is 0 Å². The van der Waals surface area contributed by atoms with E-state index < -0.39 is 12.0 Å². The molecule has 6 rings (SSSR count). The van der Waals surface area contributed by atoms with Gasteiger partial charge in [0.05, 0.1) is 11.4 Å². The van der Waals surface area contributed by atoms with Crippen LogP contribution in [-0.2, 0) is 12.8 Å². The zero-order valence-electron chi connectivity index (χ0n) is 26.9. The molecule has 0 aliphatic heterocycles. The van der Waals surface area contributed by atoms with E-state index in [9.17, 15) is 0 Å². The lowest BCUT2D eigenvalue weighted by Crippen LogP contribution is -2.12. The number of rotatable bonds is 15. The minimum atomic E-state index is -2.69. The summed E-state index contributed by atoms with van der Waals surface area (Å²) in [5, 5.41) is 2.26. The smallest absolute Gasteiger partial charge is 0.302 e. The van der Waals surface area contributed by atoms with Crippen molar-refractivity contribution in [1.82, 2.24) is 0 Å². The summed E-state index contributed by atoms with van der Waals surface area (Å²) in [7, 11) is 0. The SMILES string of the molecule is Cl[Si](Cl)(Cl)CCCc1ccccc1N(c1ccccc1)c1ccc(-c2ccc(N(c3ccccc3)c3ccccc3CCC[Si](Cl)(Cl)Cl)s2)s1. The summed E-state index contributed by atoms with van der Waals surface area (Å²) in [6.45, 7) is 0. The minimum absolute atomic E-state index is 0.627. The molecule has 0 aliphatic carbocycles. The molecule has 0 bridgehead atoms. The van der Waals surface area contributed by atoms with Crippen molar-refractivity contribution in [2.24, 2.45) is 0 Å². The predicted octanol–water partition coefficient (Wildman–Crippen LogP) is 15.6. The molecule has 0 radical (unpaired) electrons. The Morgan fingerprint density at radius 2 is 0.780 bits per heavy atom. The molecule has 0 saturated heterocycles. The summed E-state index contributed by atoms with van der Waals surface area (Å²) in [5.74, 6) is 0. The fraction of sp³-hybridized carbons (Fsp3) is 0.158. The van der Waals surface area contributed by atoms with E-state index in [0.29, 0.717) is 12.1 Å². The minimum Gasteiger partial charge on any atom is -0.302 e. The summed E-state index contributed by atoms with van der Waals surface area (Å²) >= 11 is 41.0. The van der Waals surface area contributed by atoms with Gasteiger partial charge in [0, 0.05) is 21.1 Å². The standard InChI is InChI=1S/C38H34Cl6N2S2Si2/c39-49(40,41)27-11-15-29-13-7-9-21-33(29)45(31-17-3-1-4-18-31)37-25-23-35(47-37)36-24-26-38(48-36)46(32-19-5-2-6-20-32)34-22-10-8-14-30(34)16-12-28-50(42,43)44/h1-10,13-14,17-26H,11-12,15-16,27-28H2. The van der Waals surface area contributed by atoms with Crippen molar-refractivity contribution in [2.45, 2.75) is 37.8 Å². The van der Waals surface area contributed by atoms with Crippen molar-refractivity contribution in [3.05, 3.63) is 145 Å². The zero-order valence-corrected chi connectivity index (χ0v) is 35.1. The van der Waals surface area contributed by atoms with Crippen LogP contribution in [0.2, 0.25) is 12.1 Å². The van der Waals surface area contributed by atoms with Crippen LogP contribution in [-0.4, -0.2) is 12.0 Å². The first kappa shape index (κ1) is 37.8. The van der Waals surface area contributed by atoms with Gasteiger partial charge in [-0.2, -0.15) is 0 Å². The van der Waals surface area contributed by atoms with Crippen molar-refractivity contribution in [3.63, 3.8) is 0 Å². The molecule has 0 atom stereocenters. The van der Waals surface area contributed by atoms with E-state index in [2.05, 4.69) is 131 Å². The molecule has 2 aromatic heterocycles. The fourth-order valence-corrected chi connectivity index (χ4v) is 11.7. The number of para-hydroxylation sites is 4. The van der Waals surface area contributed by atoms with E-state index in [1.54, 1.807) is 22.7 Å². The van der Waals surface area contributed by atoms with Gasteiger partial charge in [0.2, 0.25) is 0 Å². The van der Waals surface area contributed by atoms with Gasteiger partial charge < -0.3 is 9.80 Å². The Morgan fingerprint density at radius 1 is 0.420 bits per heavy atom. The van der Waals surface area contributed by atoms with Gasteiger partial charge in [-0.15, -0.1) is 89.1 Å². The molecule has 2 heterocycles. The van der Waals surface area contributed by atoms with Gasteiger partial charge in [0.1, 0.15) is 10.0 Å². The van der Waals surface area contributed by atoms with Crippen LogP contribution >= 0.6 is 89.1 Å². The van der Waals surface area contributed by atoms with Gasteiger partial charge in [0.25, 0.3) is 0 Å². The van der Waals surface area contributed by atoms with Crippen LogP contribution in [0.4, 0.5) is 32.8 Å². The van der Waals surface area contributed by atoms with Gasteiger partial charge in [-0.3, -0.25) is 0 Å². The highest BCUT2D eigenvalue weighted by molar-refractivity contribution is 7.65. The van der Waals surface area contributed by atoms with E-state index in [4.69, 9.17) is 66.5 Å². The number of nitrogens with zero attached hydrogens (tertiary/aromatic N) is 2. The Kier molecular flexibility index (Phi) is 13.0. The summed E-state index contributed by atoms with van der Waals surface area (Å²) in [4.78, 5) is 7.09.